The maximum Gasteiger partial charge on any atom is 0.333 e. The van der Waals surface area contributed by atoms with E-state index in [4.69, 9.17) is 0 Å². The van der Waals surface area contributed by atoms with Crippen molar-refractivity contribution >= 4 is 16.7 Å². The number of imidazole rings is 1. The highest BCUT2D eigenvalue weighted by molar-refractivity contribution is 5.82. The van der Waals surface area contributed by atoms with Crippen LogP contribution >= 0.6 is 0 Å². The van der Waals surface area contributed by atoms with Crippen molar-refractivity contribution in [1.29, 1.82) is 0 Å². The van der Waals surface area contributed by atoms with E-state index in [0.29, 0.717) is 0 Å². The maximum absolute atomic E-state index is 13.0. The highest BCUT2D eigenvalue weighted by atomic mass is 16.1. The minimum atomic E-state index is 0.00144. The van der Waals surface area contributed by atoms with Crippen LogP contribution in [0.4, 0.5) is 0 Å². The van der Waals surface area contributed by atoms with Crippen LogP contribution in [0.15, 0.2) is 66.0 Å². The third kappa shape index (κ3) is 3.07. The van der Waals surface area contributed by atoms with Gasteiger partial charge < -0.3 is 0 Å². The molecule has 0 radical (unpaired) electrons. The maximum atomic E-state index is 13.0. The van der Waals surface area contributed by atoms with E-state index in [2.05, 4.69) is 13.5 Å². The molecule has 24 heavy (non-hydrogen) atoms. The summed E-state index contributed by atoms with van der Waals surface area (Å²) in [6.07, 6.45) is 4.59. The zero-order chi connectivity index (χ0) is 16.9. The van der Waals surface area contributed by atoms with Crippen LogP contribution in [-0.4, -0.2) is 9.13 Å². The van der Waals surface area contributed by atoms with Crippen molar-refractivity contribution in [3.63, 3.8) is 0 Å². The number of para-hydroxylation sites is 2. The largest absolute Gasteiger partial charge is 0.333 e. The summed E-state index contributed by atoms with van der Waals surface area (Å²) >= 11 is 0. The quantitative estimate of drug-likeness (QED) is 0.569. The molecule has 0 spiro atoms. The van der Waals surface area contributed by atoms with Crippen molar-refractivity contribution in [3.8, 4) is 0 Å². The fourth-order valence-electron chi connectivity index (χ4n) is 3.14. The zero-order valence-electron chi connectivity index (χ0n) is 14.2. The smallest absolute Gasteiger partial charge is 0.292 e. The molecule has 0 saturated carbocycles. The summed E-state index contributed by atoms with van der Waals surface area (Å²) in [5.74, 6) is 0. The van der Waals surface area contributed by atoms with E-state index in [1.165, 1.54) is 12.8 Å². The molecule has 0 atom stereocenters. The molecule has 1 heterocycles. The van der Waals surface area contributed by atoms with Gasteiger partial charge in [0, 0.05) is 6.54 Å². The first-order valence-electron chi connectivity index (χ1n) is 8.69. The van der Waals surface area contributed by atoms with E-state index in [1.807, 2.05) is 59.2 Å². The number of aryl methyl sites for hydroxylation is 1. The molecule has 124 valence electrons. The first-order valence-corrected chi connectivity index (χ1v) is 8.69. The van der Waals surface area contributed by atoms with Gasteiger partial charge in [-0.3, -0.25) is 9.13 Å². The van der Waals surface area contributed by atoms with Gasteiger partial charge in [-0.15, -0.1) is 0 Å². The van der Waals surface area contributed by atoms with Gasteiger partial charge in [0.2, 0.25) is 0 Å². The Bertz CT molecular complexity index is 887. The van der Waals surface area contributed by atoms with Crippen molar-refractivity contribution in [1.82, 2.24) is 9.13 Å². The van der Waals surface area contributed by atoms with Crippen LogP contribution in [0, 0.1) is 0 Å². The Labute approximate surface area is 142 Å². The van der Waals surface area contributed by atoms with E-state index < -0.39 is 0 Å². The van der Waals surface area contributed by atoms with Gasteiger partial charge in [0.15, 0.2) is 0 Å². The Balaban J connectivity index is 2.04. The normalized spacial score (nSPS) is 11.0. The van der Waals surface area contributed by atoms with Gasteiger partial charge in [-0.1, -0.05) is 75.2 Å². The van der Waals surface area contributed by atoms with Crippen molar-refractivity contribution in [2.24, 2.45) is 0 Å². The summed E-state index contributed by atoms with van der Waals surface area (Å²) in [4.78, 5) is 13.0. The lowest BCUT2D eigenvalue weighted by Crippen LogP contribution is -2.24. The molecule has 0 fully saturated rings. The molecule has 0 amide bonds. The number of rotatable bonds is 7. The van der Waals surface area contributed by atoms with E-state index >= 15 is 0 Å². The Morgan fingerprint density at radius 2 is 1.58 bits per heavy atom. The summed E-state index contributed by atoms with van der Waals surface area (Å²) < 4.78 is 3.63. The number of aromatic nitrogens is 2. The first kappa shape index (κ1) is 16.3. The number of fused-ring (bicyclic) bond motifs is 1. The van der Waals surface area contributed by atoms with Gasteiger partial charge in [0.05, 0.1) is 16.7 Å². The summed E-state index contributed by atoms with van der Waals surface area (Å²) in [6.45, 7) is 7.13. The zero-order valence-corrected chi connectivity index (χ0v) is 14.2. The van der Waals surface area contributed by atoms with Gasteiger partial charge in [0.25, 0.3) is 0 Å². The number of hydrogen-bond acceptors (Lipinski definition) is 1. The molecule has 3 aromatic rings. The average Bonchev–Trinajstić information content (AvgIpc) is 2.90. The lowest BCUT2D eigenvalue weighted by atomic mass is 10.1. The van der Waals surface area contributed by atoms with Crippen LogP contribution in [0.3, 0.4) is 0 Å². The highest BCUT2D eigenvalue weighted by Crippen LogP contribution is 2.21. The van der Waals surface area contributed by atoms with Gasteiger partial charge in [-0.25, -0.2) is 4.79 Å². The predicted octanol–water partition coefficient (Wildman–Crippen LogP) is 4.90. The Kier molecular flexibility index (Phi) is 4.99. The summed E-state index contributed by atoms with van der Waals surface area (Å²) in [5, 5.41) is 0. The van der Waals surface area contributed by atoms with Crippen LogP contribution in [0.5, 0.6) is 0 Å². The molecular formula is C21H24N2O. The topological polar surface area (TPSA) is 26.9 Å². The molecule has 0 unspecified atom stereocenters. The molecule has 3 rings (SSSR count). The summed E-state index contributed by atoms with van der Waals surface area (Å²) in [6, 6.07) is 17.8. The van der Waals surface area contributed by atoms with Gasteiger partial charge in [-0.05, 0) is 24.1 Å². The van der Waals surface area contributed by atoms with Gasteiger partial charge in [-0.2, -0.15) is 0 Å². The van der Waals surface area contributed by atoms with E-state index in [0.717, 1.165) is 41.7 Å². The lowest BCUT2D eigenvalue weighted by molar-refractivity contribution is 0.578. The fourth-order valence-corrected chi connectivity index (χ4v) is 3.14. The van der Waals surface area contributed by atoms with Crippen molar-refractivity contribution in [2.75, 3.05) is 0 Å². The highest BCUT2D eigenvalue weighted by Gasteiger charge is 2.15. The minimum absolute atomic E-state index is 0.00144. The van der Waals surface area contributed by atoms with Gasteiger partial charge >= 0.3 is 5.69 Å². The fraction of sp³-hybridized carbons (Fsp3) is 0.286. The molecule has 1 aromatic heterocycles. The Morgan fingerprint density at radius 3 is 2.29 bits per heavy atom. The molecule has 0 saturated heterocycles. The van der Waals surface area contributed by atoms with E-state index in [9.17, 15) is 4.79 Å². The third-order valence-electron chi connectivity index (χ3n) is 4.45. The molecule has 2 aromatic carbocycles. The second kappa shape index (κ2) is 7.35. The van der Waals surface area contributed by atoms with Gasteiger partial charge in [0.1, 0.15) is 0 Å². The van der Waals surface area contributed by atoms with Crippen LogP contribution in [-0.2, 0) is 6.54 Å². The summed E-state index contributed by atoms with van der Waals surface area (Å²) in [7, 11) is 0. The molecule has 0 aliphatic heterocycles. The number of unbranched alkanes of at least 4 members (excludes halogenated alkanes) is 3. The minimum Gasteiger partial charge on any atom is -0.292 e. The SMILES string of the molecule is C=C(c1ccccc1)n1c(=O)n(CCCCCC)c2ccccc21. The van der Waals surface area contributed by atoms with Crippen LogP contribution < -0.4 is 5.69 Å². The Hall–Kier alpha value is -2.55. The molecule has 3 nitrogen and oxygen atoms in total. The predicted molar refractivity (Wildman–Crippen MR) is 101 cm³/mol. The molecule has 0 N–H and O–H groups in total. The van der Waals surface area contributed by atoms with Crippen molar-refractivity contribution in [3.05, 3.63) is 77.2 Å². The molecule has 0 aliphatic carbocycles. The van der Waals surface area contributed by atoms with Crippen LogP contribution in [0.25, 0.3) is 16.7 Å². The second-order valence-corrected chi connectivity index (χ2v) is 6.13. The molecule has 0 aliphatic rings. The third-order valence-corrected chi connectivity index (χ3v) is 4.45. The van der Waals surface area contributed by atoms with Crippen molar-refractivity contribution < 1.29 is 0 Å². The van der Waals surface area contributed by atoms with E-state index in [-0.39, 0.29) is 5.69 Å². The first-order chi connectivity index (χ1) is 11.7. The monoisotopic (exact) mass is 320 g/mol. The number of nitrogens with zero attached hydrogens (tertiary/aromatic N) is 2. The number of hydrogen-bond donors (Lipinski definition) is 0. The summed E-state index contributed by atoms with van der Waals surface area (Å²) in [5.41, 5.74) is 3.60. The molecular weight excluding hydrogens is 296 g/mol. The Morgan fingerprint density at radius 1 is 0.917 bits per heavy atom. The molecule has 0 bridgehead atoms. The van der Waals surface area contributed by atoms with Crippen LogP contribution in [0.2, 0.25) is 0 Å². The van der Waals surface area contributed by atoms with E-state index in [1.54, 1.807) is 4.57 Å². The lowest BCUT2D eigenvalue weighted by Gasteiger charge is -2.07. The average molecular weight is 320 g/mol. The van der Waals surface area contributed by atoms with Crippen LogP contribution in [0.1, 0.15) is 38.2 Å². The molecule has 3 heteroatoms. The standard InChI is InChI=1S/C21H24N2O/c1-3-4-5-11-16-22-19-14-9-10-15-20(19)23(21(22)24)17(2)18-12-7-6-8-13-18/h6-10,12-15H,2-5,11,16H2,1H3. The van der Waals surface area contributed by atoms with Crippen molar-refractivity contribution in [2.45, 2.75) is 39.2 Å². The number of benzene rings is 2. The second-order valence-electron chi connectivity index (χ2n) is 6.13.